The Balaban J connectivity index is 2.53. The molecule has 0 aliphatic carbocycles. The minimum absolute atomic E-state index is 0.0278. The number of ether oxygens (including phenoxy) is 2. The summed E-state index contributed by atoms with van der Waals surface area (Å²) in [6.45, 7) is 9.61. The summed E-state index contributed by atoms with van der Waals surface area (Å²) < 4.78 is 11.3. The van der Waals surface area contributed by atoms with Gasteiger partial charge in [-0.3, -0.25) is 0 Å². The van der Waals surface area contributed by atoms with E-state index < -0.39 is 5.79 Å². The van der Waals surface area contributed by atoms with Crippen molar-refractivity contribution in [1.29, 1.82) is 0 Å². The van der Waals surface area contributed by atoms with Crippen LogP contribution in [0.25, 0.3) is 0 Å². The van der Waals surface area contributed by atoms with Crippen molar-refractivity contribution >= 4 is 0 Å². The van der Waals surface area contributed by atoms with Gasteiger partial charge < -0.3 is 14.6 Å². The molecular weight excluding hydrogens is 216 g/mol. The van der Waals surface area contributed by atoms with E-state index in [0.29, 0.717) is 6.42 Å². The number of aliphatic hydroxyl groups excluding tert-OH is 1. The molecule has 1 N–H and O–H groups in total. The molecule has 0 aromatic carbocycles. The molecule has 0 saturated carbocycles. The SMILES string of the molecule is C=C(C=CC=CC)CC1OC(C)(C)OC1CO. The molecule has 2 atom stereocenters. The summed E-state index contributed by atoms with van der Waals surface area (Å²) in [6.07, 6.45) is 8.07. The zero-order valence-corrected chi connectivity index (χ0v) is 10.8. The van der Waals surface area contributed by atoms with Gasteiger partial charge in [-0.1, -0.05) is 36.5 Å². The minimum Gasteiger partial charge on any atom is -0.394 e. The van der Waals surface area contributed by atoms with Crippen LogP contribution in [0.5, 0.6) is 0 Å². The lowest BCUT2D eigenvalue weighted by Gasteiger charge is -2.16. The van der Waals surface area contributed by atoms with Crippen molar-refractivity contribution in [3.63, 3.8) is 0 Å². The maximum atomic E-state index is 9.23. The molecule has 0 spiro atoms. The Kier molecular flexibility index (Phi) is 5.12. The van der Waals surface area contributed by atoms with E-state index in [4.69, 9.17) is 9.47 Å². The summed E-state index contributed by atoms with van der Waals surface area (Å²) in [5, 5.41) is 9.23. The topological polar surface area (TPSA) is 38.7 Å². The lowest BCUT2D eigenvalue weighted by molar-refractivity contribution is -0.148. The second-order valence-corrected chi connectivity index (χ2v) is 4.64. The highest BCUT2D eigenvalue weighted by Gasteiger charge is 2.40. The highest BCUT2D eigenvalue weighted by molar-refractivity contribution is 5.20. The van der Waals surface area contributed by atoms with E-state index in [0.717, 1.165) is 5.57 Å². The Hall–Kier alpha value is -0.900. The maximum absolute atomic E-state index is 9.23. The molecule has 0 amide bonds. The summed E-state index contributed by atoms with van der Waals surface area (Å²) >= 11 is 0. The van der Waals surface area contributed by atoms with E-state index in [1.165, 1.54) is 0 Å². The number of hydrogen-bond donors (Lipinski definition) is 1. The molecule has 1 rings (SSSR count). The van der Waals surface area contributed by atoms with Gasteiger partial charge in [0, 0.05) is 6.42 Å². The van der Waals surface area contributed by atoms with Crippen LogP contribution in [0, 0.1) is 0 Å². The molecular formula is C14H22O3. The standard InChI is InChI=1S/C14H22O3/c1-5-6-7-8-11(2)9-12-13(10-15)17-14(3,4)16-12/h5-8,12-13,15H,2,9-10H2,1,3-4H3. The molecule has 17 heavy (non-hydrogen) atoms. The molecule has 0 aromatic heterocycles. The molecule has 1 aliphatic rings. The lowest BCUT2D eigenvalue weighted by Crippen LogP contribution is -2.26. The van der Waals surface area contributed by atoms with E-state index >= 15 is 0 Å². The third-order valence-corrected chi connectivity index (χ3v) is 2.56. The first-order chi connectivity index (χ1) is 7.98. The summed E-state index contributed by atoms with van der Waals surface area (Å²) in [7, 11) is 0. The normalized spacial score (nSPS) is 28.2. The quantitative estimate of drug-likeness (QED) is 0.748. The van der Waals surface area contributed by atoms with Crippen LogP contribution in [0.15, 0.2) is 36.5 Å². The summed E-state index contributed by atoms with van der Waals surface area (Å²) in [5.74, 6) is -0.620. The first kappa shape index (κ1) is 14.2. The maximum Gasteiger partial charge on any atom is 0.163 e. The first-order valence-electron chi connectivity index (χ1n) is 5.92. The van der Waals surface area contributed by atoms with Crippen LogP contribution in [0.2, 0.25) is 0 Å². The lowest BCUT2D eigenvalue weighted by atomic mass is 10.1. The average molecular weight is 238 g/mol. The van der Waals surface area contributed by atoms with Crippen molar-refractivity contribution in [3.8, 4) is 0 Å². The van der Waals surface area contributed by atoms with Gasteiger partial charge in [0.2, 0.25) is 0 Å². The van der Waals surface area contributed by atoms with Gasteiger partial charge >= 0.3 is 0 Å². The van der Waals surface area contributed by atoms with Crippen molar-refractivity contribution in [2.75, 3.05) is 6.61 Å². The Morgan fingerprint density at radius 1 is 1.29 bits per heavy atom. The minimum atomic E-state index is -0.620. The molecule has 2 unspecified atom stereocenters. The Labute approximate surface area is 103 Å². The van der Waals surface area contributed by atoms with Gasteiger partial charge in [0.1, 0.15) is 6.10 Å². The van der Waals surface area contributed by atoms with Gasteiger partial charge in [-0.2, -0.15) is 0 Å². The average Bonchev–Trinajstić information content (AvgIpc) is 2.53. The second kappa shape index (κ2) is 6.15. The summed E-state index contributed by atoms with van der Waals surface area (Å²) in [6, 6.07) is 0. The Bertz CT molecular complexity index is 315. The zero-order chi connectivity index (χ0) is 12.9. The number of aliphatic hydroxyl groups is 1. The third-order valence-electron chi connectivity index (χ3n) is 2.56. The van der Waals surface area contributed by atoms with Crippen LogP contribution < -0.4 is 0 Å². The highest BCUT2D eigenvalue weighted by Crippen LogP contribution is 2.31. The van der Waals surface area contributed by atoms with Crippen LogP contribution in [0.4, 0.5) is 0 Å². The van der Waals surface area contributed by atoms with Crippen LogP contribution in [0.1, 0.15) is 27.2 Å². The number of hydrogen-bond acceptors (Lipinski definition) is 3. The zero-order valence-electron chi connectivity index (χ0n) is 10.8. The largest absolute Gasteiger partial charge is 0.394 e. The van der Waals surface area contributed by atoms with Crippen molar-refractivity contribution in [2.24, 2.45) is 0 Å². The van der Waals surface area contributed by atoms with Crippen molar-refractivity contribution in [1.82, 2.24) is 0 Å². The van der Waals surface area contributed by atoms with Crippen LogP contribution in [0.3, 0.4) is 0 Å². The number of allylic oxidation sites excluding steroid dienone is 4. The molecule has 1 aliphatic heterocycles. The van der Waals surface area contributed by atoms with Gasteiger partial charge in [0.25, 0.3) is 0 Å². The third kappa shape index (κ3) is 4.46. The molecule has 0 bridgehead atoms. The van der Waals surface area contributed by atoms with E-state index in [1.54, 1.807) is 0 Å². The molecule has 3 nitrogen and oxygen atoms in total. The molecule has 0 radical (unpaired) electrons. The number of rotatable bonds is 5. The van der Waals surface area contributed by atoms with Gasteiger partial charge in [-0.25, -0.2) is 0 Å². The van der Waals surface area contributed by atoms with E-state index in [1.807, 2.05) is 45.1 Å². The predicted octanol–water partition coefficient (Wildman–Crippen LogP) is 2.58. The van der Waals surface area contributed by atoms with Gasteiger partial charge in [-0.15, -0.1) is 0 Å². The molecule has 0 aromatic rings. The predicted molar refractivity (Wildman–Crippen MR) is 68.6 cm³/mol. The first-order valence-corrected chi connectivity index (χ1v) is 5.92. The van der Waals surface area contributed by atoms with E-state index in [-0.39, 0.29) is 18.8 Å². The van der Waals surface area contributed by atoms with Crippen LogP contribution in [-0.4, -0.2) is 29.7 Å². The van der Waals surface area contributed by atoms with Gasteiger partial charge in [0.05, 0.1) is 12.7 Å². The van der Waals surface area contributed by atoms with Crippen molar-refractivity contribution < 1.29 is 14.6 Å². The molecule has 1 fully saturated rings. The van der Waals surface area contributed by atoms with Crippen molar-refractivity contribution in [2.45, 2.75) is 45.2 Å². The fraction of sp³-hybridized carbons (Fsp3) is 0.571. The van der Waals surface area contributed by atoms with Crippen molar-refractivity contribution in [3.05, 3.63) is 36.5 Å². The summed E-state index contributed by atoms with van der Waals surface area (Å²) in [5.41, 5.74) is 0.966. The molecule has 1 saturated heterocycles. The molecule has 96 valence electrons. The fourth-order valence-electron chi connectivity index (χ4n) is 1.87. The smallest absolute Gasteiger partial charge is 0.163 e. The summed E-state index contributed by atoms with van der Waals surface area (Å²) in [4.78, 5) is 0. The highest BCUT2D eigenvalue weighted by atomic mass is 16.8. The van der Waals surface area contributed by atoms with Gasteiger partial charge in [0.15, 0.2) is 5.79 Å². The second-order valence-electron chi connectivity index (χ2n) is 4.64. The van der Waals surface area contributed by atoms with Crippen LogP contribution >= 0.6 is 0 Å². The fourth-order valence-corrected chi connectivity index (χ4v) is 1.87. The Morgan fingerprint density at radius 3 is 2.53 bits per heavy atom. The monoisotopic (exact) mass is 238 g/mol. The van der Waals surface area contributed by atoms with Gasteiger partial charge in [-0.05, 0) is 20.8 Å². The molecule has 3 heteroatoms. The van der Waals surface area contributed by atoms with E-state index in [9.17, 15) is 5.11 Å². The molecule has 1 heterocycles. The van der Waals surface area contributed by atoms with Crippen LogP contribution in [-0.2, 0) is 9.47 Å². The van der Waals surface area contributed by atoms with E-state index in [2.05, 4.69) is 6.58 Å². The Morgan fingerprint density at radius 2 is 1.94 bits per heavy atom.